The molecule has 0 aliphatic carbocycles. The van der Waals surface area contributed by atoms with E-state index in [0.717, 1.165) is 6.42 Å². The fraction of sp³-hybridized carbons (Fsp3) is 0.500. The first-order chi connectivity index (χ1) is 9.72. The molecule has 2 aromatic rings. The topological polar surface area (TPSA) is 89.8 Å². The summed E-state index contributed by atoms with van der Waals surface area (Å²) in [7, 11) is 3.45. The molecule has 0 radical (unpaired) electrons. The Balaban J connectivity index is 2.18. The lowest BCUT2D eigenvalue weighted by atomic mass is 10.2. The van der Waals surface area contributed by atoms with E-state index in [1.807, 2.05) is 6.07 Å². The maximum absolute atomic E-state index is 5.06. The van der Waals surface area contributed by atoms with Gasteiger partial charge in [-0.1, -0.05) is 0 Å². The fourth-order valence-electron chi connectivity index (χ4n) is 1.62. The van der Waals surface area contributed by atoms with Gasteiger partial charge in [-0.05, 0) is 19.4 Å². The van der Waals surface area contributed by atoms with Crippen LogP contribution in [0.15, 0.2) is 18.5 Å². The number of nitrogens with one attached hydrogen (secondary N) is 2. The third-order valence-electron chi connectivity index (χ3n) is 2.69. The predicted molar refractivity (Wildman–Crippen MR) is 76.1 cm³/mol. The van der Waals surface area contributed by atoms with Crippen LogP contribution in [0.5, 0.6) is 0 Å². The smallest absolute Gasteiger partial charge is 0.257 e. The van der Waals surface area contributed by atoms with Crippen LogP contribution in [0.3, 0.4) is 0 Å². The summed E-state index contributed by atoms with van der Waals surface area (Å²) >= 11 is 0. The van der Waals surface area contributed by atoms with Crippen LogP contribution in [-0.4, -0.2) is 51.5 Å². The molecule has 1 atom stereocenters. The van der Waals surface area contributed by atoms with Crippen LogP contribution in [0.1, 0.15) is 13.3 Å². The van der Waals surface area contributed by atoms with E-state index in [2.05, 4.69) is 37.6 Å². The number of ether oxygens (including phenoxy) is 1. The first kappa shape index (κ1) is 14.2. The van der Waals surface area contributed by atoms with Gasteiger partial charge in [-0.2, -0.15) is 20.1 Å². The highest BCUT2D eigenvalue weighted by molar-refractivity contribution is 5.37. The van der Waals surface area contributed by atoms with Crippen LogP contribution in [0.4, 0.5) is 11.9 Å². The predicted octanol–water partition coefficient (Wildman–Crippen LogP) is 0.936. The first-order valence-corrected chi connectivity index (χ1v) is 6.42. The van der Waals surface area contributed by atoms with Crippen molar-refractivity contribution < 1.29 is 4.74 Å². The Kier molecular flexibility index (Phi) is 4.83. The van der Waals surface area contributed by atoms with E-state index in [4.69, 9.17) is 4.74 Å². The van der Waals surface area contributed by atoms with E-state index < -0.39 is 0 Å². The molecule has 20 heavy (non-hydrogen) atoms. The first-order valence-electron chi connectivity index (χ1n) is 6.42. The molecule has 0 aliphatic heterocycles. The SMILES string of the molecule is CNc1nc(NC(C)CCOC)nc(-n2cccn2)n1. The number of anilines is 2. The highest BCUT2D eigenvalue weighted by Gasteiger charge is 2.10. The van der Waals surface area contributed by atoms with Gasteiger partial charge in [-0.25, -0.2) is 4.68 Å². The Hall–Kier alpha value is -2.22. The Morgan fingerprint density at radius 2 is 2.10 bits per heavy atom. The number of aromatic nitrogens is 5. The molecule has 0 bridgehead atoms. The minimum Gasteiger partial charge on any atom is -0.385 e. The Morgan fingerprint density at radius 1 is 1.30 bits per heavy atom. The van der Waals surface area contributed by atoms with E-state index in [1.54, 1.807) is 31.2 Å². The van der Waals surface area contributed by atoms with Crippen LogP contribution in [-0.2, 0) is 4.74 Å². The molecule has 8 heteroatoms. The second-order valence-corrected chi connectivity index (χ2v) is 4.31. The minimum absolute atomic E-state index is 0.201. The van der Waals surface area contributed by atoms with E-state index >= 15 is 0 Å². The second-order valence-electron chi connectivity index (χ2n) is 4.31. The molecular weight excluding hydrogens is 258 g/mol. The van der Waals surface area contributed by atoms with E-state index in [-0.39, 0.29) is 6.04 Å². The van der Waals surface area contributed by atoms with Crippen molar-refractivity contribution in [2.24, 2.45) is 0 Å². The van der Waals surface area contributed by atoms with Crippen LogP contribution in [0, 0.1) is 0 Å². The van der Waals surface area contributed by atoms with Gasteiger partial charge in [0.1, 0.15) is 0 Å². The van der Waals surface area contributed by atoms with E-state index in [9.17, 15) is 0 Å². The molecule has 108 valence electrons. The summed E-state index contributed by atoms with van der Waals surface area (Å²) in [5, 5.41) is 10.3. The van der Waals surface area contributed by atoms with E-state index in [1.165, 1.54) is 0 Å². The number of rotatable bonds is 7. The molecule has 0 aromatic carbocycles. The zero-order valence-electron chi connectivity index (χ0n) is 11.9. The zero-order valence-corrected chi connectivity index (χ0v) is 11.9. The Morgan fingerprint density at radius 3 is 2.75 bits per heavy atom. The maximum Gasteiger partial charge on any atom is 0.257 e. The molecule has 0 amide bonds. The lowest BCUT2D eigenvalue weighted by molar-refractivity contribution is 0.191. The highest BCUT2D eigenvalue weighted by Crippen LogP contribution is 2.10. The van der Waals surface area contributed by atoms with Crippen LogP contribution < -0.4 is 10.6 Å². The Bertz CT molecular complexity index is 529. The van der Waals surface area contributed by atoms with E-state index in [0.29, 0.717) is 24.5 Å². The molecule has 8 nitrogen and oxygen atoms in total. The van der Waals surface area contributed by atoms with Crippen LogP contribution >= 0.6 is 0 Å². The molecule has 0 saturated carbocycles. The molecular formula is C12H19N7O. The average Bonchev–Trinajstić information content (AvgIpc) is 2.99. The summed E-state index contributed by atoms with van der Waals surface area (Å²) < 4.78 is 6.65. The van der Waals surface area contributed by atoms with Crippen molar-refractivity contribution in [2.75, 3.05) is 31.4 Å². The summed E-state index contributed by atoms with van der Waals surface area (Å²) in [6.07, 6.45) is 4.33. The van der Waals surface area contributed by atoms with Crippen molar-refractivity contribution in [3.05, 3.63) is 18.5 Å². The van der Waals surface area contributed by atoms with Crippen molar-refractivity contribution >= 4 is 11.9 Å². The minimum atomic E-state index is 0.201. The largest absolute Gasteiger partial charge is 0.385 e. The van der Waals surface area contributed by atoms with Crippen molar-refractivity contribution in [2.45, 2.75) is 19.4 Å². The van der Waals surface area contributed by atoms with Gasteiger partial charge in [0.2, 0.25) is 11.9 Å². The summed E-state index contributed by atoms with van der Waals surface area (Å²) in [5.41, 5.74) is 0. The monoisotopic (exact) mass is 277 g/mol. The lowest BCUT2D eigenvalue weighted by Crippen LogP contribution is -2.20. The molecule has 0 saturated heterocycles. The molecule has 0 aliphatic rings. The van der Waals surface area contributed by atoms with Crippen LogP contribution in [0.2, 0.25) is 0 Å². The average molecular weight is 277 g/mol. The van der Waals surface area contributed by atoms with Gasteiger partial charge in [0.05, 0.1) is 0 Å². The standard InChI is InChI=1S/C12H19N7O/c1-9(5-8-20-3)15-11-16-10(13-2)17-12(18-11)19-7-4-6-14-19/h4,6-7,9H,5,8H2,1-3H3,(H2,13,15,16,17,18). The zero-order chi connectivity index (χ0) is 14.4. The van der Waals surface area contributed by atoms with Gasteiger partial charge in [0, 0.05) is 39.2 Å². The number of hydrogen-bond acceptors (Lipinski definition) is 7. The Labute approximate surface area is 117 Å². The van der Waals surface area contributed by atoms with Gasteiger partial charge in [-0.15, -0.1) is 0 Å². The lowest BCUT2D eigenvalue weighted by Gasteiger charge is -2.14. The van der Waals surface area contributed by atoms with Crippen molar-refractivity contribution in [1.29, 1.82) is 0 Å². The summed E-state index contributed by atoms with van der Waals surface area (Å²) in [6.45, 7) is 2.74. The second kappa shape index (κ2) is 6.80. The molecule has 2 heterocycles. The maximum atomic E-state index is 5.06. The molecule has 2 aromatic heterocycles. The molecule has 2 rings (SSSR count). The third-order valence-corrected chi connectivity index (χ3v) is 2.69. The van der Waals surface area contributed by atoms with Gasteiger partial charge in [0.15, 0.2) is 0 Å². The third kappa shape index (κ3) is 3.64. The van der Waals surface area contributed by atoms with Crippen LogP contribution in [0.25, 0.3) is 5.95 Å². The van der Waals surface area contributed by atoms with Crippen molar-refractivity contribution in [3.63, 3.8) is 0 Å². The van der Waals surface area contributed by atoms with Crippen molar-refractivity contribution in [3.8, 4) is 5.95 Å². The number of hydrogen-bond donors (Lipinski definition) is 2. The summed E-state index contributed by atoms with van der Waals surface area (Å²) in [4.78, 5) is 12.9. The fourth-order valence-corrected chi connectivity index (χ4v) is 1.62. The normalized spacial score (nSPS) is 12.2. The molecule has 0 fully saturated rings. The molecule has 1 unspecified atom stereocenters. The van der Waals surface area contributed by atoms with Gasteiger partial charge in [-0.3, -0.25) is 0 Å². The van der Waals surface area contributed by atoms with Gasteiger partial charge in [0.25, 0.3) is 5.95 Å². The van der Waals surface area contributed by atoms with Crippen molar-refractivity contribution in [1.82, 2.24) is 24.7 Å². The number of methoxy groups -OCH3 is 1. The quantitative estimate of drug-likeness (QED) is 0.778. The molecule has 0 spiro atoms. The summed E-state index contributed by atoms with van der Waals surface area (Å²) in [5.74, 6) is 1.47. The highest BCUT2D eigenvalue weighted by atomic mass is 16.5. The number of nitrogens with zero attached hydrogens (tertiary/aromatic N) is 5. The van der Waals surface area contributed by atoms with Gasteiger partial charge >= 0.3 is 0 Å². The summed E-state index contributed by atoms with van der Waals surface area (Å²) in [6, 6.07) is 2.02. The van der Waals surface area contributed by atoms with Gasteiger partial charge < -0.3 is 15.4 Å². The molecule has 2 N–H and O–H groups in total.